The SMILES string of the molecule is CC1CC(Nc2nccn3nc(C(F)(F)F)cc23)CCN1. The lowest BCUT2D eigenvalue weighted by Crippen LogP contribution is -2.41. The number of aromatic nitrogens is 3. The summed E-state index contributed by atoms with van der Waals surface area (Å²) < 4.78 is 39.4. The molecule has 0 spiro atoms. The molecule has 5 nitrogen and oxygen atoms in total. The molecule has 1 saturated heterocycles. The lowest BCUT2D eigenvalue weighted by atomic mass is 10.0. The summed E-state index contributed by atoms with van der Waals surface area (Å²) in [5.74, 6) is 0.444. The standard InChI is InChI=1S/C13H16F3N5/c1-8-6-9(2-3-17-8)19-12-10-7-11(13(14,15)16)20-21(10)5-4-18-12/h4-5,7-9,17H,2-3,6H2,1H3,(H,18,19). The van der Waals surface area contributed by atoms with Crippen LogP contribution >= 0.6 is 0 Å². The average molecular weight is 299 g/mol. The van der Waals surface area contributed by atoms with E-state index >= 15 is 0 Å². The predicted octanol–water partition coefficient (Wildman–Crippen LogP) is 2.30. The van der Waals surface area contributed by atoms with Gasteiger partial charge in [-0.1, -0.05) is 0 Å². The molecule has 1 aliphatic heterocycles. The lowest BCUT2D eigenvalue weighted by Gasteiger charge is -2.29. The molecule has 8 heteroatoms. The molecule has 0 bridgehead atoms. The zero-order chi connectivity index (χ0) is 15.0. The Hall–Kier alpha value is -1.83. The third-order valence-corrected chi connectivity index (χ3v) is 3.64. The smallest absolute Gasteiger partial charge is 0.365 e. The summed E-state index contributed by atoms with van der Waals surface area (Å²) in [6, 6.07) is 1.61. The summed E-state index contributed by atoms with van der Waals surface area (Å²) >= 11 is 0. The maximum Gasteiger partial charge on any atom is 0.435 e. The second-order valence-corrected chi connectivity index (χ2v) is 5.35. The quantitative estimate of drug-likeness (QED) is 0.893. The highest BCUT2D eigenvalue weighted by Crippen LogP contribution is 2.30. The molecule has 1 aliphatic rings. The van der Waals surface area contributed by atoms with Gasteiger partial charge >= 0.3 is 6.18 Å². The number of halogens is 3. The van der Waals surface area contributed by atoms with Gasteiger partial charge in [0.2, 0.25) is 0 Å². The first kappa shape index (κ1) is 14.1. The van der Waals surface area contributed by atoms with E-state index in [0.29, 0.717) is 17.4 Å². The normalized spacial score (nSPS) is 23.4. The molecule has 2 aromatic heterocycles. The number of alkyl halides is 3. The third-order valence-electron chi connectivity index (χ3n) is 3.64. The first-order chi connectivity index (χ1) is 9.93. The van der Waals surface area contributed by atoms with Gasteiger partial charge in [0.25, 0.3) is 0 Å². The number of rotatable bonds is 2. The summed E-state index contributed by atoms with van der Waals surface area (Å²) in [5, 5.41) is 10.1. The minimum atomic E-state index is -4.45. The van der Waals surface area contributed by atoms with Gasteiger partial charge < -0.3 is 10.6 Å². The van der Waals surface area contributed by atoms with Crippen molar-refractivity contribution in [2.24, 2.45) is 0 Å². The molecule has 2 unspecified atom stereocenters. The van der Waals surface area contributed by atoms with E-state index in [9.17, 15) is 13.2 Å². The van der Waals surface area contributed by atoms with E-state index in [2.05, 4.69) is 27.6 Å². The summed E-state index contributed by atoms with van der Waals surface area (Å²) in [5.41, 5.74) is -0.562. The number of nitrogens with zero attached hydrogens (tertiary/aromatic N) is 3. The summed E-state index contributed by atoms with van der Waals surface area (Å²) in [6.45, 7) is 2.97. The van der Waals surface area contributed by atoms with Crippen LogP contribution in [0.25, 0.3) is 5.52 Å². The van der Waals surface area contributed by atoms with E-state index in [1.54, 1.807) is 0 Å². The molecule has 0 saturated carbocycles. The zero-order valence-corrected chi connectivity index (χ0v) is 11.5. The van der Waals surface area contributed by atoms with Crippen LogP contribution in [-0.4, -0.2) is 33.2 Å². The van der Waals surface area contributed by atoms with Crippen molar-refractivity contribution in [3.05, 3.63) is 24.2 Å². The number of nitrogens with one attached hydrogen (secondary N) is 2. The minimum Gasteiger partial charge on any atom is -0.365 e. The van der Waals surface area contributed by atoms with Crippen molar-refractivity contribution in [2.45, 2.75) is 38.0 Å². The molecule has 2 N–H and O–H groups in total. The molecule has 21 heavy (non-hydrogen) atoms. The van der Waals surface area contributed by atoms with Gasteiger partial charge in [0.1, 0.15) is 5.52 Å². The van der Waals surface area contributed by atoms with E-state index in [0.717, 1.165) is 25.5 Å². The van der Waals surface area contributed by atoms with Crippen LogP contribution in [0.4, 0.5) is 19.0 Å². The van der Waals surface area contributed by atoms with Crippen molar-refractivity contribution in [1.82, 2.24) is 19.9 Å². The Morgan fingerprint density at radius 1 is 1.43 bits per heavy atom. The summed E-state index contributed by atoms with van der Waals surface area (Å²) in [4.78, 5) is 4.16. The van der Waals surface area contributed by atoms with Crippen LogP contribution in [0.3, 0.4) is 0 Å². The van der Waals surface area contributed by atoms with E-state index in [1.807, 2.05) is 0 Å². The van der Waals surface area contributed by atoms with Crippen LogP contribution in [0.15, 0.2) is 18.5 Å². The molecule has 114 valence electrons. The fourth-order valence-electron chi connectivity index (χ4n) is 2.63. The topological polar surface area (TPSA) is 54.2 Å². The minimum absolute atomic E-state index is 0.198. The van der Waals surface area contributed by atoms with Crippen molar-refractivity contribution in [3.8, 4) is 0 Å². The molecule has 0 radical (unpaired) electrons. The summed E-state index contributed by atoms with van der Waals surface area (Å²) in [6.07, 6.45) is 0.233. The van der Waals surface area contributed by atoms with Crippen molar-refractivity contribution < 1.29 is 13.2 Å². The van der Waals surface area contributed by atoms with Crippen molar-refractivity contribution in [1.29, 1.82) is 0 Å². The Labute approximate surface area is 119 Å². The van der Waals surface area contributed by atoms with Gasteiger partial charge in [-0.25, -0.2) is 9.50 Å². The Kier molecular flexibility index (Phi) is 3.48. The number of hydrogen-bond acceptors (Lipinski definition) is 4. The molecule has 0 aromatic carbocycles. The molecule has 2 aromatic rings. The van der Waals surface area contributed by atoms with Crippen LogP contribution in [0.1, 0.15) is 25.5 Å². The molecular weight excluding hydrogens is 283 g/mol. The highest BCUT2D eigenvalue weighted by atomic mass is 19.4. The average Bonchev–Trinajstić information content (AvgIpc) is 2.84. The van der Waals surface area contributed by atoms with Crippen LogP contribution < -0.4 is 10.6 Å². The van der Waals surface area contributed by atoms with Crippen molar-refractivity contribution in [3.63, 3.8) is 0 Å². The molecule has 3 rings (SSSR count). The van der Waals surface area contributed by atoms with Gasteiger partial charge in [-0.05, 0) is 26.3 Å². The molecule has 1 fully saturated rings. The van der Waals surface area contributed by atoms with E-state index in [1.165, 1.54) is 16.9 Å². The fourth-order valence-corrected chi connectivity index (χ4v) is 2.63. The summed E-state index contributed by atoms with van der Waals surface area (Å²) in [7, 11) is 0. The largest absolute Gasteiger partial charge is 0.435 e. The molecule has 0 amide bonds. The Bertz CT molecular complexity index is 636. The Balaban J connectivity index is 1.89. The van der Waals surface area contributed by atoms with Crippen LogP contribution in [0, 0.1) is 0 Å². The Morgan fingerprint density at radius 3 is 2.95 bits per heavy atom. The predicted molar refractivity (Wildman–Crippen MR) is 72.1 cm³/mol. The first-order valence-electron chi connectivity index (χ1n) is 6.85. The number of hydrogen-bond donors (Lipinski definition) is 2. The highest BCUT2D eigenvalue weighted by Gasteiger charge is 2.34. The highest BCUT2D eigenvalue weighted by molar-refractivity contribution is 5.68. The molecular formula is C13H16F3N5. The van der Waals surface area contributed by atoms with Gasteiger partial charge in [-0.2, -0.15) is 18.3 Å². The molecule has 0 aliphatic carbocycles. The van der Waals surface area contributed by atoms with Gasteiger partial charge in [0.05, 0.1) is 0 Å². The monoisotopic (exact) mass is 299 g/mol. The van der Waals surface area contributed by atoms with Crippen LogP contribution in [-0.2, 0) is 6.18 Å². The molecule has 2 atom stereocenters. The van der Waals surface area contributed by atoms with Gasteiger partial charge in [-0.3, -0.25) is 0 Å². The van der Waals surface area contributed by atoms with Gasteiger partial charge in [-0.15, -0.1) is 0 Å². The zero-order valence-electron chi connectivity index (χ0n) is 11.5. The van der Waals surface area contributed by atoms with E-state index in [4.69, 9.17) is 0 Å². The van der Waals surface area contributed by atoms with Crippen molar-refractivity contribution in [2.75, 3.05) is 11.9 Å². The number of piperidine rings is 1. The maximum atomic E-state index is 12.7. The second-order valence-electron chi connectivity index (χ2n) is 5.35. The number of anilines is 1. The van der Waals surface area contributed by atoms with E-state index < -0.39 is 11.9 Å². The molecule has 3 heterocycles. The lowest BCUT2D eigenvalue weighted by molar-refractivity contribution is -0.141. The Morgan fingerprint density at radius 2 is 2.24 bits per heavy atom. The van der Waals surface area contributed by atoms with E-state index in [-0.39, 0.29) is 6.04 Å². The van der Waals surface area contributed by atoms with Gasteiger partial charge in [0, 0.05) is 30.5 Å². The van der Waals surface area contributed by atoms with Gasteiger partial charge in [0.15, 0.2) is 11.5 Å². The first-order valence-corrected chi connectivity index (χ1v) is 6.85. The fraction of sp³-hybridized carbons (Fsp3) is 0.538. The van der Waals surface area contributed by atoms with Crippen molar-refractivity contribution >= 4 is 11.3 Å². The maximum absolute atomic E-state index is 12.7. The van der Waals surface area contributed by atoms with Crippen LogP contribution in [0.5, 0.6) is 0 Å². The van der Waals surface area contributed by atoms with Crippen LogP contribution in [0.2, 0.25) is 0 Å². The third kappa shape index (κ3) is 2.94. The second kappa shape index (κ2) is 5.18. The number of fused-ring (bicyclic) bond motifs is 1.